The molecule has 0 aromatic rings. The van der Waals surface area contributed by atoms with E-state index in [4.69, 9.17) is 0 Å². The van der Waals surface area contributed by atoms with E-state index in [0.717, 1.165) is 6.26 Å². The molecule has 0 aromatic heterocycles. The lowest BCUT2D eigenvalue weighted by atomic mass is 10.1. The number of nitrogens with one attached hydrogen (secondary N) is 2. The zero-order chi connectivity index (χ0) is 11.6. The first-order valence-electron chi connectivity index (χ1n) is 4.30. The highest BCUT2D eigenvalue weighted by Gasteiger charge is 2.21. The molecule has 0 spiro atoms. The summed E-state index contributed by atoms with van der Waals surface area (Å²) >= 11 is 0. The van der Waals surface area contributed by atoms with Crippen molar-refractivity contribution in [2.75, 3.05) is 6.26 Å². The molecule has 0 rings (SSSR count). The van der Waals surface area contributed by atoms with E-state index in [1.807, 2.05) is 20.8 Å². The zero-order valence-electron chi connectivity index (χ0n) is 9.21. The molecule has 6 heteroatoms. The third kappa shape index (κ3) is 6.85. The predicted octanol–water partition coefficient (Wildman–Crippen LogP) is -0.161. The fourth-order valence-electron chi connectivity index (χ4n) is 0.852. The van der Waals surface area contributed by atoms with E-state index in [2.05, 4.69) is 10.0 Å². The highest BCUT2D eigenvalue weighted by Crippen LogP contribution is 1.99. The fourth-order valence-corrected chi connectivity index (χ4v) is 1.60. The number of sulfonamides is 1. The van der Waals surface area contributed by atoms with Crippen molar-refractivity contribution in [3.63, 3.8) is 0 Å². The van der Waals surface area contributed by atoms with Crippen LogP contribution in [0.25, 0.3) is 0 Å². The van der Waals surface area contributed by atoms with Crippen LogP contribution in [-0.2, 0) is 14.8 Å². The molecule has 0 aromatic carbocycles. The average molecular weight is 222 g/mol. The topological polar surface area (TPSA) is 75.3 Å². The minimum Gasteiger partial charge on any atom is -0.350 e. The van der Waals surface area contributed by atoms with Crippen LogP contribution in [0.4, 0.5) is 0 Å². The molecule has 0 bridgehead atoms. The van der Waals surface area contributed by atoms with Gasteiger partial charge in [-0.05, 0) is 27.7 Å². The number of carbonyl (C=O) groups excluding carboxylic acids is 1. The predicted molar refractivity (Wildman–Crippen MR) is 55.3 cm³/mol. The van der Waals surface area contributed by atoms with Crippen LogP contribution in [0.2, 0.25) is 0 Å². The number of amides is 1. The second-order valence-electron chi connectivity index (χ2n) is 4.35. The first-order valence-corrected chi connectivity index (χ1v) is 6.20. The van der Waals surface area contributed by atoms with Gasteiger partial charge in [-0.15, -0.1) is 0 Å². The SMILES string of the molecule is CC(NS(C)(=O)=O)C(=O)NC(C)(C)C. The van der Waals surface area contributed by atoms with Crippen molar-refractivity contribution in [1.29, 1.82) is 0 Å². The molecule has 1 unspecified atom stereocenters. The molecular formula is C8H18N2O3S. The van der Waals surface area contributed by atoms with Gasteiger partial charge in [0.05, 0.1) is 12.3 Å². The smallest absolute Gasteiger partial charge is 0.238 e. The van der Waals surface area contributed by atoms with Gasteiger partial charge in [-0.3, -0.25) is 4.79 Å². The molecule has 0 fully saturated rings. The van der Waals surface area contributed by atoms with E-state index in [0.29, 0.717) is 0 Å². The van der Waals surface area contributed by atoms with Gasteiger partial charge in [-0.25, -0.2) is 13.1 Å². The molecule has 2 N–H and O–H groups in total. The molecule has 0 heterocycles. The summed E-state index contributed by atoms with van der Waals surface area (Å²) in [4.78, 5) is 11.4. The second-order valence-corrected chi connectivity index (χ2v) is 6.13. The van der Waals surface area contributed by atoms with Crippen molar-refractivity contribution in [1.82, 2.24) is 10.0 Å². The van der Waals surface area contributed by atoms with Crippen molar-refractivity contribution in [2.45, 2.75) is 39.3 Å². The number of hydrogen-bond donors (Lipinski definition) is 2. The molecule has 5 nitrogen and oxygen atoms in total. The highest BCUT2D eigenvalue weighted by atomic mass is 32.2. The van der Waals surface area contributed by atoms with Crippen molar-refractivity contribution in [3.05, 3.63) is 0 Å². The Balaban J connectivity index is 4.29. The van der Waals surface area contributed by atoms with Crippen LogP contribution in [0.1, 0.15) is 27.7 Å². The van der Waals surface area contributed by atoms with Crippen LogP contribution >= 0.6 is 0 Å². The van der Waals surface area contributed by atoms with E-state index in [9.17, 15) is 13.2 Å². The molecular weight excluding hydrogens is 204 g/mol. The van der Waals surface area contributed by atoms with E-state index >= 15 is 0 Å². The van der Waals surface area contributed by atoms with Crippen LogP contribution < -0.4 is 10.0 Å². The zero-order valence-corrected chi connectivity index (χ0v) is 10.0. The summed E-state index contributed by atoms with van der Waals surface area (Å²) in [5, 5.41) is 2.68. The standard InChI is InChI=1S/C8H18N2O3S/c1-6(10-14(5,12)13)7(11)9-8(2,3)4/h6,10H,1-5H3,(H,9,11). The van der Waals surface area contributed by atoms with E-state index in [1.54, 1.807) is 0 Å². The minimum absolute atomic E-state index is 0.331. The van der Waals surface area contributed by atoms with Gasteiger partial charge in [-0.2, -0.15) is 0 Å². The first kappa shape index (κ1) is 13.4. The molecule has 0 aliphatic heterocycles. The van der Waals surface area contributed by atoms with Crippen molar-refractivity contribution >= 4 is 15.9 Å². The Morgan fingerprint density at radius 3 is 2.00 bits per heavy atom. The van der Waals surface area contributed by atoms with E-state index in [-0.39, 0.29) is 11.4 Å². The van der Waals surface area contributed by atoms with Crippen molar-refractivity contribution < 1.29 is 13.2 Å². The summed E-state index contributed by atoms with van der Waals surface area (Å²) in [5.41, 5.74) is -0.357. The lowest BCUT2D eigenvalue weighted by Crippen LogP contribution is -2.50. The van der Waals surface area contributed by atoms with E-state index in [1.165, 1.54) is 6.92 Å². The molecule has 0 saturated heterocycles. The summed E-state index contributed by atoms with van der Waals surface area (Å²) in [5.74, 6) is -0.331. The fraction of sp³-hybridized carbons (Fsp3) is 0.875. The number of carbonyl (C=O) groups is 1. The summed E-state index contributed by atoms with van der Waals surface area (Å²) in [6.07, 6.45) is 1.02. The molecule has 0 radical (unpaired) electrons. The lowest BCUT2D eigenvalue weighted by molar-refractivity contribution is -0.123. The van der Waals surface area contributed by atoms with Crippen molar-refractivity contribution in [2.24, 2.45) is 0 Å². The van der Waals surface area contributed by atoms with Gasteiger partial charge >= 0.3 is 0 Å². The Bertz CT molecular complexity index is 303. The van der Waals surface area contributed by atoms with Gasteiger partial charge in [-0.1, -0.05) is 0 Å². The maximum Gasteiger partial charge on any atom is 0.238 e. The van der Waals surface area contributed by atoms with Gasteiger partial charge < -0.3 is 5.32 Å². The Kier molecular flexibility index (Phi) is 4.08. The van der Waals surface area contributed by atoms with Gasteiger partial charge in [0.1, 0.15) is 0 Å². The Labute approximate surface area is 85.3 Å². The van der Waals surface area contributed by atoms with Crippen LogP contribution in [0.3, 0.4) is 0 Å². The summed E-state index contributed by atoms with van der Waals surface area (Å²) in [6.45, 7) is 7.00. The highest BCUT2D eigenvalue weighted by molar-refractivity contribution is 7.88. The van der Waals surface area contributed by atoms with Gasteiger partial charge in [0.15, 0.2) is 0 Å². The second kappa shape index (κ2) is 4.27. The maximum absolute atomic E-state index is 11.4. The molecule has 1 atom stereocenters. The Hall–Kier alpha value is -0.620. The van der Waals surface area contributed by atoms with Gasteiger partial charge in [0, 0.05) is 5.54 Å². The summed E-state index contributed by atoms with van der Waals surface area (Å²) < 4.78 is 23.8. The number of rotatable bonds is 3. The Morgan fingerprint density at radius 1 is 1.29 bits per heavy atom. The molecule has 0 aliphatic rings. The van der Waals surface area contributed by atoms with Gasteiger partial charge in [0.2, 0.25) is 15.9 Å². The van der Waals surface area contributed by atoms with Crippen molar-refractivity contribution in [3.8, 4) is 0 Å². The molecule has 0 aliphatic carbocycles. The molecule has 1 amide bonds. The minimum atomic E-state index is -3.33. The van der Waals surface area contributed by atoms with Crippen LogP contribution in [0, 0.1) is 0 Å². The van der Waals surface area contributed by atoms with Gasteiger partial charge in [0.25, 0.3) is 0 Å². The summed E-state index contributed by atoms with van der Waals surface area (Å²) in [7, 11) is -3.33. The number of hydrogen-bond acceptors (Lipinski definition) is 3. The largest absolute Gasteiger partial charge is 0.350 e. The lowest BCUT2D eigenvalue weighted by Gasteiger charge is -2.23. The maximum atomic E-state index is 11.4. The molecule has 14 heavy (non-hydrogen) atoms. The third-order valence-corrected chi connectivity index (χ3v) is 2.06. The quantitative estimate of drug-likeness (QED) is 0.696. The summed E-state index contributed by atoms with van der Waals surface area (Å²) in [6, 6.07) is -0.746. The molecule has 84 valence electrons. The normalized spacial score (nSPS) is 14.9. The molecule has 0 saturated carbocycles. The first-order chi connectivity index (χ1) is 6.01. The van der Waals surface area contributed by atoms with Crippen LogP contribution in [0.15, 0.2) is 0 Å². The third-order valence-electron chi connectivity index (χ3n) is 1.28. The van der Waals surface area contributed by atoms with Crippen LogP contribution in [0.5, 0.6) is 0 Å². The van der Waals surface area contributed by atoms with Crippen LogP contribution in [-0.4, -0.2) is 32.2 Å². The Morgan fingerprint density at radius 2 is 1.71 bits per heavy atom. The van der Waals surface area contributed by atoms with E-state index < -0.39 is 16.1 Å². The average Bonchev–Trinajstić information content (AvgIpc) is 1.78. The monoisotopic (exact) mass is 222 g/mol.